The van der Waals surface area contributed by atoms with E-state index < -0.39 is 41.5 Å². The zero-order valence-corrected chi connectivity index (χ0v) is 25.7. The smallest absolute Gasteiger partial charge is 0.306 e. The Labute approximate surface area is 267 Å². The normalized spacial score (nSPS) is 30.3. The van der Waals surface area contributed by atoms with Crippen molar-refractivity contribution in [3.8, 4) is 5.75 Å². The molecule has 242 valence electrons. The number of amides is 3. The van der Waals surface area contributed by atoms with E-state index in [4.69, 9.17) is 14.2 Å². The largest absolute Gasteiger partial charge is 0.497 e. The molecule has 0 radical (unpaired) electrons. The highest BCUT2D eigenvalue weighted by molar-refractivity contribution is 6.05. The molecule has 2 aromatic carbocycles. The Kier molecular flexibility index (Phi) is 9.23. The Balaban J connectivity index is 1.41. The lowest BCUT2D eigenvalue weighted by Crippen LogP contribution is -2.55. The Hall–Kier alpha value is -4.48. The van der Waals surface area contributed by atoms with Crippen LogP contribution >= 0.6 is 0 Å². The number of fused-ring (bicyclic) bond motifs is 2. The van der Waals surface area contributed by atoms with Crippen molar-refractivity contribution >= 4 is 29.4 Å². The van der Waals surface area contributed by atoms with E-state index in [0.29, 0.717) is 30.7 Å². The molecule has 4 aliphatic rings. The topological polar surface area (TPSA) is 135 Å². The number of aliphatic hydroxyl groups excluding tert-OH is 1. The Morgan fingerprint density at radius 2 is 1.78 bits per heavy atom. The van der Waals surface area contributed by atoms with Crippen LogP contribution in [0.2, 0.25) is 0 Å². The fraction of sp³-hybridized carbons (Fsp3) is 0.429. The van der Waals surface area contributed by atoms with Crippen molar-refractivity contribution in [1.29, 1.82) is 0 Å². The van der Waals surface area contributed by atoms with Crippen molar-refractivity contribution in [2.24, 2.45) is 11.8 Å². The van der Waals surface area contributed by atoms with Crippen LogP contribution in [0.3, 0.4) is 0 Å². The molecular weight excluding hydrogens is 590 g/mol. The summed E-state index contributed by atoms with van der Waals surface area (Å²) < 4.78 is 17.6. The predicted molar refractivity (Wildman–Crippen MR) is 168 cm³/mol. The number of nitrogens with one attached hydrogen (secondary N) is 1. The van der Waals surface area contributed by atoms with E-state index in [1.54, 1.807) is 54.5 Å². The number of allylic oxidation sites excluding steroid dienone is 1. The highest BCUT2D eigenvalue weighted by atomic mass is 16.5. The number of carbonyl (C=O) groups excluding carboxylic acids is 4. The molecule has 2 fully saturated rings. The second kappa shape index (κ2) is 13.5. The number of cyclic esters (lactones) is 1. The first-order chi connectivity index (χ1) is 22.4. The third-order valence-corrected chi connectivity index (χ3v) is 9.26. The minimum atomic E-state index is -1.42. The Bertz CT molecular complexity index is 1510. The summed E-state index contributed by atoms with van der Waals surface area (Å²) >= 11 is 0. The van der Waals surface area contributed by atoms with Gasteiger partial charge in [-0.05, 0) is 49.1 Å². The van der Waals surface area contributed by atoms with Crippen LogP contribution in [0.5, 0.6) is 5.75 Å². The third-order valence-electron chi connectivity index (χ3n) is 9.26. The summed E-state index contributed by atoms with van der Waals surface area (Å²) in [7, 11) is 1.57. The predicted octanol–water partition coefficient (Wildman–Crippen LogP) is 2.70. The average molecular weight is 630 g/mol. The van der Waals surface area contributed by atoms with Gasteiger partial charge in [-0.1, -0.05) is 54.6 Å². The van der Waals surface area contributed by atoms with Crippen LogP contribution in [0.25, 0.3) is 0 Å². The maximum absolute atomic E-state index is 14.6. The number of hydrogen-bond acceptors (Lipinski definition) is 8. The van der Waals surface area contributed by atoms with Crippen molar-refractivity contribution in [1.82, 2.24) is 10.2 Å². The monoisotopic (exact) mass is 629 g/mol. The first kappa shape index (κ1) is 31.5. The van der Waals surface area contributed by atoms with E-state index in [-0.39, 0.29) is 50.5 Å². The van der Waals surface area contributed by atoms with E-state index in [0.717, 1.165) is 5.56 Å². The van der Waals surface area contributed by atoms with Gasteiger partial charge in [0.1, 0.15) is 24.0 Å². The first-order valence-electron chi connectivity index (χ1n) is 15.8. The second-order valence-corrected chi connectivity index (χ2v) is 12.0. The van der Waals surface area contributed by atoms with Gasteiger partial charge in [0.15, 0.2) is 0 Å². The van der Waals surface area contributed by atoms with Crippen LogP contribution in [0.4, 0.5) is 5.69 Å². The Morgan fingerprint density at radius 3 is 2.52 bits per heavy atom. The van der Waals surface area contributed by atoms with E-state index in [2.05, 4.69) is 5.32 Å². The van der Waals surface area contributed by atoms with Gasteiger partial charge in [-0.3, -0.25) is 19.2 Å². The highest BCUT2D eigenvalue weighted by Gasteiger charge is 2.71. The molecule has 6 atom stereocenters. The molecule has 0 aromatic heterocycles. The lowest BCUT2D eigenvalue weighted by atomic mass is 9.77. The Morgan fingerprint density at radius 1 is 1.00 bits per heavy atom. The quantitative estimate of drug-likeness (QED) is 0.271. The van der Waals surface area contributed by atoms with Gasteiger partial charge in [0.25, 0.3) is 5.91 Å². The standard InChI is InChI=1S/C35H39N3O8/c1-44-25-16-14-24(15-17-25)37-20-9-18-35-30(33(42)38(19-7-8-21-39)31(35)34(37)43)29-27(46-35)12-5-6-13-28(40)45-22-26(36-32(29)41)23-10-3-2-4-11-23/h2-5,9-12,14-18,26-27,29-31,39H,6-8,13,19-22H2,1H3,(H,36,41)/b12-5-/t26-,27+,29-,30-,31+,35-/m0/s1. The molecule has 0 unspecified atom stereocenters. The SMILES string of the molecule is COc1ccc(N2CC=C[C@]34O[C@@H]5/C=C\CCC(=O)OC[C@@H](c6ccccc6)NC(=O)[C@@H]5[C@H]3C(=O)N(CCCCO)[C@@H]4C2=O)cc1. The highest BCUT2D eigenvalue weighted by Crippen LogP contribution is 2.53. The summed E-state index contributed by atoms with van der Waals surface area (Å²) in [6.07, 6.45) is 7.73. The van der Waals surface area contributed by atoms with Crippen molar-refractivity contribution in [3.63, 3.8) is 0 Å². The van der Waals surface area contributed by atoms with Gasteiger partial charge in [-0.2, -0.15) is 0 Å². The summed E-state index contributed by atoms with van der Waals surface area (Å²) in [5.41, 5.74) is -0.0288. The van der Waals surface area contributed by atoms with Gasteiger partial charge in [0.2, 0.25) is 11.8 Å². The summed E-state index contributed by atoms with van der Waals surface area (Å²) in [5.74, 6) is -2.78. The van der Waals surface area contributed by atoms with Crippen molar-refractivity contribution < 1.29 is 38.5 Å². The van der Waals surface area contributed by atoms with Crippen molar-refractivity contribution in [2.45, 2.75) is 49.5 Å². The molecule has 2 saturated heterocycles. The van der Waals surface area contributed by atoms with Crippen molar-refractivity contribution in [3.05, 3.63) is 84.5 Å². The minimum Gasteiger partial charge on any atom is -0.497 e. The van der Waals surface area contributed by atoms with Gasteiger partial charge >= 0.3 is 5.97 Å². The number of rotatable bonds is 7. The van der Waals surface area contributed by atoms with Crippen LogP contribution in [-0.2, 0) is 28.7 Å². The molecule has 4 heterocycles. The van der Waals surface area contributed by atoms with Crippen LogP contribution in [0.1, 0.15) is 37.3 Å². The minimum absolute atomic E-state index is 0.0487. The average Bonchev–Trinajstić information content (AvgIpc) is 3.45. The van der Waals surface area contributed by atoms with E-state index in [1.807, 2.05) is 36.4 Å². The summed E-state index contributed by atoms with van der Waals surface area (Å²) in [4.78, 5) is 59.0. The molecule has 6 rings (SSSR count). The van der Waals surface area contributed by atoms with Gasteiger partial charge in [0.05, 0.1) is 31.1 Å². The van der Waals surface area contributed by atoms with Crippen molar-refractivity contribution in [2.75, 3.05) is 38.3 Å². The van der Waals surface area contributed by atoms with Crippen LogP contribution in [0.15, 0.2) is 78.9 Å². The summed E-state index contributed by atoms with van der Waals surface area (Å²) in [5, 5.41) is 12.5. The fourth-order valence-electron chi connectivity index (χ4n) is 7.07. The maximum atomic E-state index is 14.6. The number of anilines is 1. The number of methoxy groups -OCH3 is 1. The van der Waals surface area contributed by atoms with E-state index >= 15 is 0 Å². The van der Waals surface area contributed by atoms with Crippen LogP contribution < -0.4 is 15.0 Å². The second-order valence-electron chi connectivity index (χ2n) is 12.0. The molecule has 0 aliphatic carbocycles. The van der Waals surface area contributed by atoms with Gasteiger partial charge in [-0.15, -0.1) is 0 Å². The molecule has 2 aromatic rings. The van der Waals surface area contributed by atoms with E-state index in [9.17, 15) is 24.3 Å². The van der Waals surface area contributed by atoms with Crippen LogP contribution in [-0.4, -0.2) is 84.9 Å². The number of carbonyl (C=O) groups is 4. The van der Waals surface area contributed by atoms with Gasteiger partial charge < -0.3 is 34.4 Å². The fourth-order valence-corrected chi connectivity index (χ4v) is 7.07. The van der Waals surface area contributed by atoms with Gasteiger partial charge in [0, 0.05) is 31.8 Å². The summed E-state index contributed by atoms with van der Waals surface area (Å²) in [6.45, 7) is 0.350. The molecule has 11 nitrogen and oxygen atoms in total. The molecular formula is C35H39N3O8. The number of likely N-dealkylation sites (tertiary alicyclic amines) is 1. The lowest BCUT2D eigenvalue weighted by molar-refractivity contribution is -0.146. The van der Waals surface area contributed by atoms with Gasteiger partial charge in [-0.25, -0.2) is 0 Å². The molecule has 4 aliphatic heterocycles. The molecule has 2 N–H and O–H groups in total. The number of benzene rings is 2. The zero-order valence-electron chi connectivity index (χ0n) is 25.7. The third kappa shape index (κ3) is 5.80. The molecule has 3 amide bonds. The molecule has 11 heteroatoms. The summed E-state index contributed by atoms with van der Waals surface area (Å²) in [6, 6.07) is 14.6. The first-order valence-corrected chi connectivity index (χ1v) is 15.8. The molecule has 0 saturated carbocycles. The number of ether oxygens (including phenoxy) is 3. The number of nitrogens with zero attached hydrogens (tertiary/aromatic N) is 2. The molecule has 46 heavy (non-hydrogen) atoms. The lowest BCUT2D eigenvalue weighted by Gasteiger charge is -2.35. The number of hydrogen-bond donors (Lipinski definition) is 2. The molecule has 1 spiro atoms. The molecule has 0 bridgehead atoms. The number of aliphatic hydroxyl groups is 1. The zero-order chi connectivity index (χ0) is 32.3. The van der Waals surface area contributed by atoms with E-state index in [1.165, 1.54) is 4.90 Å². The number of esters is 1. The maximum Gasteiger partial charge on any atom is 0.306 e. The van der Waals surface area contributed by atoms with Crippen LogP contribution in [0, 0.1) is 11.8 Å². The number of unbranched alkanes of at least 4 members (excludes halogenated alkanes) is 1.